The van der Waals surface area contributed by atoms with Crippen molar-refractivity contribution in [1.82, 2.24) is 10.4 Å². The zero-order valence-electron chi connectivity index (χ0n) is 9.68. The molecule has 0 aromatic heterocycles. The molecule has 1 aromatic rings. The molecule has 1 amide bonds. The molecule has 0 spiro atoms. The molecule has 0 aliphatic carbocycles. The van der Waals surface area contributed by atoms with Gasteiger partial charge in [-0.05, 0) is 36.5 Å². The summed E-state index contributed by atoms with van der Waals surface area (Å²) >= 11 is 4.69. The average molecular weight is 279 g/mol. The minimum absolute atomic E-state index is 0.0529. The Morgan fingerprint density at radius 2 is 2.11 bits per heavy atom. The molecule has 1 aromatic carbocycles. The summed E-state index contributed by atoms with van der Waals surface area (Å²) in [6.07, 6.45) is 0. The van der Waals surface area contributed by atoms with E-state index in [0.29, 0.717) is 5.69 Å². The fourth-order valence-corrected chi connectivity index (χ4v) is 1.52. The molecular weight excluding hydrogens is 269 g/mol. The number of hydrogen-bond acceptors (Lipinski definition) is 5. The molecule has 1 aliphatic heterocycles. The Balaban J connectivity index is 2.15. The number of hydrazone groups is 1. The fourth-order valence-electron chi connectivity index (χ4n) is 1.39. The Bertz CT molecular complexity index is 583. The van der Waals surface area contributed by atoms with Crippen LogP contribution in [0.3, 0.4) is 0 Å². The van der Waals surface area contributed by atoms with Gasteiger partial charge in [0.15, 0.2) is 10.8 Å². The number of rotatable bonds is 2. The lowest BCUT2D eigenvalue weighted by Gasteiger charge is -2.11. The molecule has 4 N–H and O–H groups in total. The van der Waals surface area contributed by atoms with E-state index in [9.17, 15) is 9.18 Å². The maximum Gasteiger partial charge on any atom is 0.301 e. The van der Waals surface area contributed by atoms with Crippen molar-refractivity contribution in [3.05, 3.63) is 42.4 Å². The summed E-state index contributed by atoms with van der Waals surface area (Å²) in [6.45, 7) is 3.63. The summed E-state index contributed by atoms with van der Waals surface area (Å²) in [5.41, 5.74) is 11.4. The number of carbonyl (C=O) groups is 1. The molecule has 1 saturated heterocycles. The van der Waals surface area contributed by atoms with E-state index >= 15 is 0 Å². The van der Waals surface area contributed by atoms with E-state index < -0.39 is 5.91 Å². The van der Waals surface area contributed by atoms with Gasteiger partial charge in [-0.15, -0.1) is 0 Å². The number of nitrogens with zero attached hydrogens (tertiary/aromatic N) is 2. The molecule has 19 heavy (non-hydrogen) atoms. The molecular formula is C11H10FN5OS. The number of amides is 1. The first-order chi connectivity index (χ1) is 8.99. The van der Waals surface area contributed by atoms with E-state index in [-0.39, 0.29) is 22.3 Å². The zero-order chi connectivity index (χ0) is 14.0. The molecule has 0 atom stereocenters. The number of halogens is 1. The topological polar surface area (TPSA) is 82.8 Å². The Morgan fingerprint density at radius 1 is 1.47 bits per heavy atom. The van der Waals surface area contributed by atoms with Crippen molar-refractivity contribution in [2.24, 2.45) is 10.8 Å². The van der Waals surface area contributed by atoms with Crippen molar-refractivity contribution < 1.29 is 9.18 Å². The molecule has 2 rings (SSSR count). The molecule has 0 unspecified atom stereocenters. The number of anilines is 1. The van der Waals surface area contributed by atoms with Crippen LogP contribution < -0.4 is 16.6 Å². The highest BCUT2D eigenvalue weighted by Crippen LogP contribution is 2.11. The Morgan fingerprint density at radius 3 is 2.63 bits per heavy atom. The Kier molecular flexibility index (Phi) is 3.43. The third kappa shape index (κ3) is 2.68. The van der Waals surface area contributed by atoms with Gasteiger partial charge in [-0.1, -0.05) is 6.58 Å². The van der Waals surface area contributed by atoms with Crippen molar-refractivity contribution in [2.75, 3.05) is 5.43 Å². The van der Waals surface area contributed by atoms with Crippen LogP contribution in [-0.2, 0) is 4.79 Å². The lowest BCUT2D eigenvalue weighted by atomic mass is 10.3. The van der Waals surface area contributed by atoms with Gasteiger partial charge >= 0.3 is 5.91 Å². The molecule has 0 saturated carbocycles. The molecule has 1 fully saturated rings. The number of carbonyl (C=O) groups excluding carboxylic acids is 1. The van der Waals surface area contributed by atoms with Gasteiger partial charge in [0, 0.05) is 0 Å². The number of hydrogen-bond donors (Lipinski definition) is 3. The predicted octanol–water partition coefficient (Wildman–Crippen LogP) is 0.698. The van der Waals surface area contributed by atoms with E-state index in [1.165, 1.54) is 24.3 Å². The predicted molar refractivity (Wildman–Crippen MR) is 73.4 cm³/mol. The Hall–Kier alpha value is -2.48. The summed E-state index contributed by atoms with van der Waals surface area (Å²) in [5, 5.41) is 4.73. The second-order valence-corrected chi connectivity index (χ2v) is 4.07. The van der Waals surface area contributed by atoms with Crippen molar-refractivity contribution in [3.63, 3.8) is 0 Å². The molecule has 1 aliphatic rings. The molecule has 8 heteroatoms. The lowest BCUT2D eigenvalue weighted by molar-refractivity contribution is -0.120. The quantitative estimate of drug-likeness (QED) is 0.548. The van der Waals surface area contributed by atoms with Gasteiger partial charge in [-0.25, -0.2) is 4.39 Å². The van der Waals surface area contributed by atoms with Gasteiger partial charge in [0.05, 0.1) is 11.4 Å². The number of nitrogens with one attached hydrogen (secondary N) is 2. The number of hydrazine groups is 1. The second kappa shape index (κ2) is 5.02. The largest absolute Gasteiger partial charge is 0.374 e. The van der Waals surface area contributed by atoms with Crippen molar-refractivity contribution >= 4 is 34.6 Å². The first kappa shape index (κ1) is 13.0. The molecule has 98 valence electrons. The van der Waals surface area contributed by atoms with Gasteiger partial charge in [-0.3, -0.25) is 15.6 Å². The number of benzene rings is 1. The van der Waals surface area contributed by atoms with Crippen LogP contribution in [-0.4, -0.2) is 21.7 Å². The highest BCUT2D eigenvalue weighted by atomic mass is 32.1. The van der Waals surface area contributed by atoms with Crippen LogP contribution in [0.2, 0.25) is 0 Å². The molecule has 0 bridgehead atoms. The summed E-state index contributed by atoms with van der Waals surface area (Å²) in [4.78, 5) is 11.8. The third-order valence-corrected chi connectivity index (χ3v) is 2.48. The maximum atomic E-state index is 12.7. The van der Waals surface area contributed by atoms with Crippen LogP contribution in [0, 0.1) is 5.82 Å². The normalized spacial score (nSPS) is 16.7. The Labute approximate surface area is 113 Å². The lowest BCUT2D eigenvalue weighted by Crippen LogP contribution is -2.43. The average Bonchev–Trinajstić information content (AvgIpc) is 2.65. The van der Waals surface area contributed by atoms with Crippen molar-refractivity contribution in [1.29, 1.82) is 0 Å². The van der Waals surface area contributed by atoms with Crippen LogP contribution in [0.4, 0.5) is 10.1 Å². The number of nitrogens with two attached hydrogens (primary N) is 1. The van der Waals surface area contributed by atoms with Crippen LogP contribution in [0.15, 0.2) is 41.6 Å². The first-order valence-electron chi connectivity index (χ1n) is 5.18. The van der Waals surface area contributed by atoms with Gasteiger partial charge in [0.25, 0.3) is 0 Å². The first-order valence-corrected chi connectivity index (χ1v) is 5.59. The summed E-state index contributed by atoms with van der Waals surface area (Å²) < 4.78 is 12.7. The highest BCUT2D eigenvalue weighted by Gasteiger charge is 2.32. The van der Waals surface area contributed by atoms with Gasteiger partial charge in [0.1, 0.15) is 5.82 Å². The second-order valence-electron chi connectivity index (χ2n) is 3.65. The summed E-state index contributed by atoms with van der Waals surface area (Å²) in [5.74, 6) is -0.868. The van der Waals surface area contributed by atoms with E-state index in [1.54, 1.807) is 0 Å². The van der Waals surface area contributed by atoms with E-state index in [1.807, 2.05) is 0 Å². The third-order valence-electron chi connectivity index (χ3n) is 2.30. The highest BCUT2D eigenvalue weighted by molar-refractivity contribution is 7.80. The minimum Gasteiger partial charge on any atom is -0.374 e. The van der Waals surface area contributed by atoms with Crippen LogP contribution in [0.25, 0.3) is 0 Å². The summed E-state index contributed by atoms with van der Waals surface area (Å²) in [7, 11) is 0. The van der Waals surface area contributed by atoms with E-state index in [2.05, 4.69) is 22.5 Å². The minimum atomic E-state index is -0.507. The smallest absolute Gasteiger partial charge is 0.301 e. The number of thiocarbonyl (C=S) groups is 1. The molecule has 0 radical (unpaired) electrons. The molecule has 6 nitrogen and oxygen atoms in total. The summed E-state index contributed by atoms with van der Waals surface area (Å²) in [6, 6.07) is 5.52. The zero-order valence-corrected chi connectivity index (χ0v) is 10.5. The van der Waals surface area contributed by atoms with E-state index in [4.69, 9.17) is 18.0 Å². The van der Waals surface area contributed by atoms with Crippen LogP contribution in [0.1, 0.15) is 0 Å². The SMILES string of the molecule is C=C1NN(C(N)=S)C(=O)C1=NNc1ccc(F)cc1. The standard InChI is InChI=1S/C11H10FN5OS/c1-6-9(10(18)17(16-6)11(13)19)15-14-8-4-2-7(12)3-5-8/h2-5,14,16H,1H2,(H2,13,19). The van der Waals surface area contributed by atoms with Crippen molar-refractivity contribution in [2.45, 2.75) is 0 Å². The van der Waals surface area contributed by atoms with E-state index in [0.717, 1.165) is 5.01 Å². The van der Waals surface area contributed by atoms with Gasteiger partial charge in [0.2, 0.25) is 0 Å². The van der Waals surface area contributed by atoms with Gasteiger partial charge in [-0.2, -0.15) is 10.1 Å². The molecule has 1 heterocycles. The monoisotopic (exact) mass is 279 g/mol. The fraction of sp³-hybridized carbons (Fsp3) is 0. The van der Waals surface area contributed by atoms with Crippen LogP contribution >= 0.6 is 12.2 Å². The van der Waals surface area contributed by atoms with Gasteiger partial charge < -0.3 is 5.73 Å². The van der Waals surface area contributed by atoms with Crippen LogP contribution in [0.5, 0.6) is 0 Å². The maximum absolute atomic E-state index is 12.7. The van der Waals surface area contributed by atoms with Crippen molar-refractivity contribution in [3.8, 4) is 0 Å².